The molecule has 0 aliphatic carbocycles. The number of carbonyl (C=O) groups is 1. The minimum absolute atomic E-state index is 0.0745. The van der Waals surface area contributed by atoms with E-state index in [1.165, 1.54) is 5.56 Å². The highest BCUT2D eigenvalue weighted by Crippen LogP contribution is 2.33. The number of ether oxygens (including phenoxy) is 1. The first kappa shape index (κ1) is 15.0. The van der Waals surface area contributed by atoms with E-state index >= 15 is 0 Å². The van der Waals surface area contributed by atoms with E-state index in [-0.39, 0.29) is 11.3 Å². The van der Waals surface area contributed by atoms with E-state index in [0.717, 1.165) is 26.2 Å². The number of nitriles is 1. The van der Waals surface area contributed by atoms with Crippen molar-refractivity contribution in [3.63, 3.8) is 0 Å². The molecule has 2 aliphatic heterocycles. The zero-order valence-corrected chi connectivity index (χ0v) is 12.9. The van der Waals surface area contributed by atoms with Crippen LogP contribution in [0.3, 0.4) is 0 Å². The molecule has 0 aromatic heterocycles. The van der Waals surface area contributed by atoms with E-state index in [1.807, 2.05) is 36.2 Å². The molecule has 0 N–H and O–H groups in total. The maximum atomic E-state index is 11.9. The Balaban J connectivity index is 1.70. The van der Waals surface area contributed by atoms with E-state index in [1.54, 1.807) is 0 Å². The number of likely N-dealkylation sites (tertiary alicyclic amines) is 1. The molecule has 5 nitrogen and oxygen atoms in total. The molecule has 1 atom stereocenters. The highest BCUT2D eigenvalue weighted by atomic mass is 16.5. The van der Waals surface area contributed by atoms with E-state index in [2.05, 4.69) is 11.0 Å². The Hall–Kier alpha value is -1.90. The molecule has 1 aromatic carbocycles. The summed E-state index contributed by atoms with van der Waals surface area (Å²) in [6.07, 6.45) is 0.577. The summed E-state index contributed by atoms with van der Waals surface area (Å²) in [7, 11) is 1.87. The molecule has 1 aromatic rings. The first-order valence-electron chi connectivity index (χ1n) is 7.63. The summed E-state index contributed by atoms with van der Waals surface area (Å²) in [6.45, 7) is 4.72. The Morgan fingerprint density at radius 3 is 2.73 bits per heavy atom. The molecule has 1 unspecified atom stereocenters. The van der Waals surface area contributed by atoms with E-state index in [0.29, 0.717) is 25.2 Å². The van der Waals surface area contributed by atoms with Gasteiger partial charge in [-0.15, -0.1) is 0 Å². The highest BCUT2D eigenvalue weighted by molar-refractivity contribution is 5.79. The molecular weight excluding hydrogens is 278 g/mol. The van der Waals surface area contributed by atoms with Crippen LogP contribution in [-0.2, 0) is 16.1 Å². The van der Waals surface area contributed by atoms with Crippen LogP contribution in [0.4, 0.5) is 0 Å². The fourth-order valence-corrected chi connectivity index (χ4v) is 3.46. The van der Waals surface area contributed by atoms with Gasteiger partial charge in [0.1, 0.15) is 0 Å². The monoisotopic (exact) mass is 299 g/mol. The predicted molar refractivity (Wildman–Crippen MR) is 81.9 cm³/mol. The summed E-state index contributed by atoms with van der Waals surface area (Å²) in [5.41, 5.74) is 1.80. The van der Waals surface area contributed by atoms with Gasteiger partial charge in [0.15, 0.2) is 0 Å². The Morgan fingerprint density at radius 1 is 1.32 bits per heavy atom. The Morgan fingerprint density at radius 2 is 2.09 bits per heavy atom. The number of hydrogen-bond acceptors (Lipinski definition) is 4. The molecular formula is C17H21N3O2. The van der Waals surface area contributed by atoms with Crippen LogP contribution in [0.25, 0.3) is 0 Å². The van der Waals surface area contributed by atoms with Gasteiger partial charge in [-0.1, -0.05) is 12.1 Å². The first-order chi connectivity index (χ1) is 10.6. The topological polar surface area (TPSA) is 56.6 Å². The SMILES string of the molecule is CN1CC2(COCCN(Cc3ccc(C#N)cc3)C2)CC1=O. The molecule has 2 aliphatic rings. The van der Waals surface area contributed by atoms with E-state index in [9.17, 15) is 4.79 Å². The van der Waals surface area contributed by atoms with Crippen molar-refractivity contribution in [2.75, 3.05) is 39.9 Å². The van der Waals surface area contributed by atoms with Crippen LogP contribution < -0.4 is 0 Å². The summed E-state index contributed by atoms with van der Waals surface area (Å²) in [5.74, 6) is 0.212. The number of amides is 1. The lowest BCUT2D eigenvalue weighted by atomic mass is 9.87. The molecule has 2 heterocycles. The number of nitrogens with zero attached hydrogens (tertiary/aromatic N) is 3. The summed E-state index contributed by atoms with van der Waals surface area (Å²) < 4.78 is 5.77. The lowest BCUT2D eigenvalue weighted by molar-refractivity contribution is -0.126. The van der Waals surface area contributed by atoms with Gasteiger partial charge >= 0.3 is 0 Å². The first-order valence-corrected chi connectivity index (χ1v) is 7.63. The average Bonchev–Trinajstić information content (AvgIpc) is 2.67. The van der Waals surface area contributed by atoms with Crippen LogP contribution in [-0.4, -0.2) is 55.6 Å². The molecule has 1 amide bonds. The molecule has 22 heavy (non-hydrogen) atoms. The molecule has 2 saturated heterocycles. The zero-order valence-electron chi connectivity index (χ0n) is 12.9. The normalized spacial score (nSPS) is 26.2. The zero-order chi connectivity index (χ0) is 15.6. The van der Waals surface area contributed by atoms with Gasteiger partial charge in [0, 0.05) is 45.1 Å². The van der Waals surface area contributed by atoms with Crippen molar-refractivity contribution < 1.29 is 9.53 Å². The largest absolute Gasteiger partial charge is 0.379 e. The van der Waals surface area contributed by atoms with E-state index in [4.69, 9.17) is 10.00 Å². The maximum Gasteiger partial charge on any atom is 0.223 e. The highest BCUT2D eigenvalue weighted by Gasteiger charge is 2.44. The summed E-state index contributed by atoms with van der Waals surface area (Å²) in [6, 6.07) is 9.85. The van der Waals surface area contributed by atoms with Gasteiger partial charge in [0.2, 0.25) is 5.91 Å². The lowest BCUT2D eigenvalue weighted by Crippen LogP contribution is -2.40. The third-order valence-corrected chi connectivity index (χ3v) is 4.53. The van der Waals surface area contributed by atoms with Gasteiger partial charge in [-0.2, -0.15) is 5.26 Å². The van der Waals surface area contributed by atoms with Gasteiger partial charge in [0.05, 0.1) is 24.8 Å². The maximum absolute atomic E-state index is 11.9. The van der Waals surface area contributed by atoms with Crippen molar-refractivity contribution in [2.24, 2.45) is 5.41 Å². The molecule has 0 saturated carbocycles. The quantitative estimate of drug-likeness (QED) is 0.824. The molecule has 0 bridgehead atoms. The minimum Gasteiger partial charge on any atom is -0.379 e. The van der Waals surface area contributed by atoms with Crippen LogP contribution in [0.2, 0.25) is 0 Å². The van der Waals surface area contributed by atoms with Gasteiger partial charge in [-0.25, -0.2) is 0 Å². The van der Waals surface area contributed by atoms with Crippen LogP contribution in [0.1, 0.15) is 17.5 Å². The van der Waals surface area contributed by atoms with Crippen molar-refractivity contribution in [1.82, 2.24) is 9.80 Å². The summed E-state index contributed by atoms with van der Waals surface area (Å²) in [5, 5.41) is 8.86. The van der Waals surface area contributed by atoms with Crippen molar-refractivity contribution >= 4 is 5.91 Å². The van der Waals surface area contributed by atoms with Gasteiger partial charge in [0.25, 0.3) is 0 Å². The Labute approximate surface area is 131 Å². The third-order valence-electron chi connectivity index (χ3n) is 4.53. The second kappa shape index (κ2) is 6.07. The average molecular weight is 299 g/mol. The molecule has 3 rings (SSSR count). The van der Waals surface area contributed by atoms with Crippen molar-refractivity contribution in [3.05, 3.63) is 35.4 Å². The molecule has 2 fully saturated rings. The van der Waals surface area contributed by atoms with Crippen LogP contribution in [0, 0.1) is 16.7 Å². The second-order valence-corrected chi connectivity index (χ2v) is 6.50. The predicted octanol–water partition coefficient (Wildman–Crippen LogP) is 1.24. The Bertz CT molecular complexity index is 593. The molecule has 0 radical (unpaired) electrons. The molecule has 5 heteroatoms. The van der Waals surface area contributed by atoms with Crippen LogP contribution >= 0.6 is 0 Å². The van der Waals surface area contributed by atoms with E-state index < -0.39 is 0 Å². The smallest absolute Gasteiger partial charge is 0.223 e. The van der Waals surface area contributed by atoms with Crippen LogP contribution in [0.15, 0.2) is 24.3 Å². The van der Waals surface area contributed by atoms with Crippen molar-refractivity contribution in [2.45, 2.75) is 13.0 Å². The second-order valence-electron chi connectivity index (χ2n) is 6.50. The van der Waals surface area contributed by atoms with Crippen molar-refractivity contribution in [1.29, 1.82) is 5.26 Å². The number of benzene rings is 1. The fourth-order valence-electron chi connectivity index (χ4n) is 3.46. The van der Waals surface area contributed by atoms with Crippen LogP contribution in [0.5, 0.6) is 0 Å². The standard InChI is InChI=1S/C17H21N3O2/c1-19-11-17(8-16(19)21)12-20(6-7-22-13-17)10-15-4-2-14(9-18)3-5-15/h2-5H,6-8,10-13H2,1H3. The van der Waals surface area contributed by atoms with Gasteiger partial charge in [-0.3, -0.25) is 9.69 Å². The summed E-state index contributed by atoms with van der Waals surface area (Å²) >= 11 is 0. The molecule has 116 valence electrons. The van der Waals surface area contributed by atoms with Crippen molar-refractivity contribution in [3.8, 4) is 6.07 Å². The lowest BCUT2D eigenvalue weighted by Gasteiger charge is -2.30. The fraction of sp³-hybridized carbons (Fsp3) is 0.529. The number of carbonyl (C=O) groups excluding carboxylic acids is 1. The Kier molecular flexibility index (Phi) is 4.14. The third kappa shape index (κ3) is 3.13. The number of rotatable bonds is 2. The minimum atomic E-state index is -0.0745. The van der Waals surface area contributed by atoms with Gasteiger partial charge < -0.3 is 9.64 Å². The molecule has 1 spiro atoms. The number of hydrogen-bond donors (Lipinski definition) is 0. The van der Waals surface area contributed by atoms with Gasteiger partial charge in [-0.05, 0) is 17.7 Å². The summed E-state index contributed by atoms with van der Waals surface area (Å²) in [4.78, 5) is 16.1.